The summed E-state index contributed by atoms with van der Waals surface area (Å²) in [6.45, 7) is 1.27. The highest BCUT2D eigenvalue weighted by molar-refractivity contribution is 6.30. The third kappa shape index (κ3) is 1.56. The van der Waals surface area contributed by atoms with E-state index in [2.05, 4.69) is 11.1 Å². The van der Waals surface area contributed by atoms with Crippen LogP contribution in [-0.4, -0.2) is 10.9 Å². The van der Waals surface area contributed by atoms with Crippen molar-refractivity contribution >= 4 is 29.3 Å². The van der Waals surface area contributed by atoms with Gasteiger partial charge < -0.3 is 4.74 Å². The van der Waals surface area contributed by atoms with Crippen molar-refractivity contribution in [3.63, 3.8) is 0 Å². The Morgan fingerprint density at radius 3 is 2.81 bits per heavy atom. The van der Waals surface area contributed by atoms with E-state index in [1.807, 2.05) is 0 Å². The van der Waals surface area contributed by atoms with Crippen molar-refractivity contribution in [2.24, 2.45) is 0 Å². The van der Waals surface area contributed by atoms with Crippen LogP contribution in [0.1, 0.15) is 28.8 Å². The van der Waals surface area contributed by atoms with E-state index in [4.69, 9.17) is 27.9 Å². The molecule has 1 aliphatic heterocycles. The summed E-state index contributed by atoms with van der Waals surface area (Å²) in [5.74, 6) is 0.576. The minimum absolute atomic E-state index is 0.576. The summed E-state index contributed by atoms with van der Waals surface area (Å²) in [5.41, 5.74) is 5.83. The molecule has 0 N–H and O–H groups in total. The second kappa shape index (κ2) is 4.02. The van der Waals surface area contributed by atoms with Crippen molar-refractivity contribution < 1.29 is 4.74 Å². The zero-order chi connectivity index (χ0) is 11.1. The lowest BCUT2D eigenvalue weighted by Crippen LogP contribution is -2.07. The molecule has 3 rings (SSSR count). The van der Waals surface area contributed by atoms with Crippen LogP contribution >= 0.6 is 23.2 Å². The van der Waals surface area contributed by atoms with Gasteiger partial charge in [0.2, 0.25) is 0 Å². The summed E-state index contributed by atoms with van der Waals surface area (Å²) in [6.07, 6.45) is 4.09. The number of ether oxygens (including phenoxy) is 1. The highest BCUT2D eigenvalue weighted by Crippen LogP contribution is 2.34. The molecule has 0 radical (unpaired) electrons. The monoisotopic (exact) mass is 255 g/mol. The lowest BCUT2D eigenvalue weighted by atomic mass is 9.92. The Hall–Kier alpha value is -0.570. The number of fused-ring (bicyclic) bond motifs is 3. The molecule has 2 heterocycles. The zero-order valence-corrected chi connectivity index (χ0v) is 10.2. The topological polar surface area (TPSA) is 22.1 Å². The van der Waals surface area contributed by atoms with Gasteiger partial charge in [0.25, 0.3) is 0 Å². The number of nitrogens with zero attached hydrogens (tertiary/aromatic N) is 1. The molecule has 0 aromatic carbocycles. The predicted octanol–water partition coefficient (Wildman–Crippen LogP) is 3.33. The van der Waals surface area contributed by atoms with Crippen molar-refractivity contribution in [2.45, 2.75) is 26.1 Å². The first-order chi connectivity index (χ1) is 7.79. The van der Waals surface area contributed by atoms with Gasteiger partial charge in [0.15, 0.2) is 0 Å². The maximum Gasteiger partial charge on any atom is 0.135 e. The lowest BCUT2D eigenvalue weighted by Gasteiger charge is -2.17. The fraction of sp³-hybridized carbons (Fsp3) is 0.417. The molecule has 2 nitrogen and oxygen atoms in total. The molecular formula is C12H11Cl2NO. The van der Waals surface area contributed by atoms with Crippen LogP contribution in [-0.2, 0) is 24.4 Å². The number of rotatable bonds is 1. The number of hydrogen-bond donors (Lipinski definition) is 0. The first kappa shape index (κ1) is 10.6. The highest BCUT2D eigenvalue weighted by atomic mass is 35.5. The van der Waals surface area contributed by atoms with Crippen LogP contribution in [0.5, 0.6) is 0 Å². The number of aromatic nitrogens is 1. The first-order valence-corrected chi connectivity index (χ1v) is 6.24. The Morgan fingerprint density at radius 1 is 1.19 bits per heavy atom. The van der Waals surface area contributed by atoms with Gasteiger partial charge in [-0.1, -0.05) is 17.2 Å². The summed E-state index contributed by atoms with van der Waals surface area (Å²) in [4.78, 5) is 4.43. The van der Waals surface area contributed by atoms with Crippen LogP contribution in [0, 0.1) is 0 Å². The summed E-state index contributed by atoms with van der Waals surface area (Å²) in [6, 6.07) is 0. The summed E-state index contributed by atoms with van der Waals surface area (Å²) < 4.78 is 5.44. The van der Waals surface area contributed by atoms with Gasteiger partial charge >= 0.3 is 0 Å². The quantitative estimate of drug-likeness (QED) is 0.568. The van der Waals surface area contributed by atoms with Crippen molar-refractivity contribution in [3.05, 3.63) is 33.1 Å². The highest BCUT2D eigenvalue weighted by Gasteiger charge is 2.24. The van der Waals surface area contributed by atoms with Gasteiger partial charge in [-0.2, -0.15) is 0 Å². The van der Waals surface area contributed by atoms with Gasteiger partial charge in [-0.15, -0.1) is 11.6 Å². The molecule has 0 saturated heterocycles. The van der Waals surface area contributed by atoms with Crippen LogP contribution in [0.15, 0.2) is 5.57 Å². The van der Waals surface area contributed by atoms with Gasteiger partial charge in [0.1, 0.15) is 5.15 Å². The Balaban J connectivity index is 2.17. The first-order valence-electron chi connectivity index (χ1n) is 5.33. The van der Waals surface area contributed by atoms with Crippen molar-refractivity contribution in [1.29, 1.82) is 0 Å². The molecule has 0 bridgehead atoms. The number of allylic oxidation sites excluding steroid dienone is 1. The van der Waals surface area contributed by atoms with Gasteiger partial charge in [0, 0.05) is 11.4 Å². The molecule has 0 spiro atoms. The van der Waals surface area contributed by atoms with Crippen LogP contribution in [0.2, 0.25) is 5.15 Å². The van der Waals surface area contributed by atoms with Gasteiger partial charge in [0.05, 0.1) is 18.9 Å². The number of alkyl halides is 1. The summed E-state index contributed by atoms with van der Waals surface area (Å²) >= 11 is 12.0. The Morgan fingerprint density at radius 2 is 2.00 bits per heavy atom. The molecule has 1 aromatic heterocycles. The number of hydrogen-bond acceptors (Lipinski definition) is 2. The van der Waals surface area contributed by atoms with E-state index in [1.54, 1.807) is 0 Å². The molecule has 16 heavy (non-hydrogen) atoms. The largest absolute Gasteiger partial charge is 0.372 e. The Bertz CT molecular complexity index is 482. The normalized spacial score (nSPS) is 18.0. The van der Waals surface area contributed by atoms with Crippen molar-refractivity contribution in [1.82, 2.24) is 4.98 Å². The molecule has 1 aromatic rings. The number of halogens is 2. The standard InChI is InChI=1S/C12H11Cl2NO/c13-4-7-1-2-8-9-5-16-6-10(9)12(14)15-11(8)3-7/h3H,1-2,4-6H2. The van der Waals surface area contributed by atoms with E-state index >= 15 is 0 Å². The lowest BCUT2D eigenvalue weighted by molar-refractivity contribution is 0.134. The van der Waals surface area contributed by atoms with Gasteiger partial charge in [-0.05, 0) is 30.0 Å². The molecule has 1 aliphatic carbocycles. The molecule has 0 atom stereocenters. The van der Waals surface area contributed by atoms with Crippen LogP contribution in [0.3, 0.4) is 0 Å². The fourth-order valence-electron chi connectivity index (χ4n) is 2.33. The molecule has 0 saturated carbocycles. The van der Waals surface area contributed by atoms with E-state index in [-0.39, 0.29) is 0 Å². The van der Waals surface area contributed by atoms with Crippen molar-refractivity contribution in [3.8, 4) is 0 Å². The average molecular weight is 256 g/mol. The minimum Gasteiger partial charge on any atom is -0.372 e. The summed E-state index contributed by atoms with van der Waals surface area (Å²) in [5, 5.41) is 0.582. The van der Waals surface area contributed by atoms with E-state index in [9.17, 15) is 0 Å². The molecule has 2 aliphatic rings. The van der Waals surface area contributed by atoms with E-state index in [0.717, 1.165) is 24.1 Å². The van der Waals surface area contributed by atoms with Crippen LogP contribution < -0.4 is 0 Å². The molecule has 4 heteroatoms. The zero-order valence-electron chi connectivity index (χ0n) is 8.72. The average Bonchev–Trinajstić information content (AvgIpc) is 2.78. The molecular weight excluding hydrogens is 245 g/mol. The smallest absolute Gasteiger partial charge is 0.135 e. The Labute approximate surface area is 104 Å². The molecule has 0 fully saturated rings. The third-order valence-corrected chi connectivity index (χ3v) is 3.86. The number of pyridine rings is 1. The SMILES string of the molecule is ClCC1=Cc2nc(Cl)c3c(c2CC1)COC3. The van der Waals surface area contributed by atoms with Crippen LogP contribution in [0.25, 0.3) is 6.08 Å². The van der Waals surface area contributed by atoms with Crippen molar-refractivity contribution in [2.75, 3.05) is 5.88 Å². The molecule has 0 unspecified atom stereocenters. The fourth-order valence-corrected chi connectivity index (χ4v) is 2.80. The Kier molecular flexibility index (Phi) is 2.66. The predicted molar refractivity (Wildman–Crippen MR) is 64.8 cm³/mol. The van der Waals surface area contributed by atoms with Crippen LogP contribution in [0.4, 0.5) is 0 Å². The second-order valence-corrected chi connectivity index (χ2v) is 4.78. The van der Waals surface area contributed by atoms with E-state index in [1.165, 1.54) is 16.7 Å². The molecule has 0 amide bonds. The maximum absolute atomic E-state index is 6.14. The van der Waals surface area contributed by atoms with Gasteiger partial charge in [-0.3, -0.25) is 0 Å². The summed E-state index contributed by atoms with van der Waals surface area (Å²) in [7, 11) is 0. The van der Waals surface area contributed by atoms with E-state index in [0.29, 0.717) is 24.2 Å². The maximum atomic E-state index is 6.14. The van der Waals surface area contributed by atoms with Gasteiger partial charge in [-0.25, -0.2) is 4.98 Å². The minimum atomic E-state index is 0.576. The third-order valence-electron chi connectivity index (χ3n) is 3.21. The second-order valence-electron chi connectivity index (χ2n) is 4.15. The molecule has 84 valence electrons. The van der Waals surface area contributed by atoms with E-state index < -0.39 is 0 Å².